The second kappa shape index (κ2) is 8.15. The van der Waals surface area contributed by atoms with Crippen LogP contribution in [-0.4, -0.2) is 5.97 Å². The Morgan fingerprint density at radius 1 is 0.962 bits per heavy atom. The van der Waals surface area contributed by atoms with Crippen molar-refractivity contribution in [2.75, 3.05) is 0 Å². The van der Waals surface area contributed by atoms with E-state index in [2.05, 4.69) is 6.07 Å². The van der Waals surface area contributed by atoms with Gasteiger partial charge in [0.1, 0.15) is 5.75 Å². The lowest BCUT2D eigenvalue weighted by Gasteiger charge is -2.05. The summed E-state index contributed by atoms with van der Waals surface area (Å²) in [5, 5.41) is 9.45. The number of nitrogens with zero attached hydrogens (tertiary/aromatic N) is 1. The third-order valence-corrected chi connectivity index (χ3v) is 3.92. The average molecular weight is 360 g/mol. The Bertz CT molecular complexity index is 984. The van der Waals surface area contributed by atoms with Crippen LogP contribution < -0.4 is 4.74 Å². The lowest BCUT2D eigenvalue weighted by Crippen LogP contribution is -2.03. The molecular formula is C22H14ClNO2. The molecule has 3 aromatic carbocycles. The minimum absolute atomic E-state index is 0.461. The molecule has 26 heavy (non-hydrogen) atoms. The number of nitriles is 1. The van der Waals surface area contributed by atoms with Gasteiger partial charge in [0.15, 0.2) is 0 Å². The molecule has 0 aliphatic heterocycles. The van der Waals surface area contributed by atoms with Crippen molar-refractivity contribution in [3.63, 3.8) is 0 Å². The molecule has 0 aromatic heterocycles. The smallest absolute Gasteiger partial charge is 0.336 e. The molecule has 0 bridgehead atoms. The number of esters is 1. The fraction of sp³-hybridized carbons (Fsp3) is 0. The Morgan fingerprint density at radius 2 is 1.62 bits per heavy atom. The second-order valence-electron chi connectivity index (χ2n) is 5.52. The lowest BCUT2D eigenvalue weighted by molar-refractivity contribution is -0.128. The summed E-state index contributed by atoms with van der Waals surface area (Å²) in [5.74, 6) is -0.000706. The fourth-order valence-corrected chi connectivity index (χ4v) is 2.58. The Labute approximate surface area is 156 Å². The van der Waals surface area contributed by atoms with Crippen LogP contribution in [-0.2, 0) is 4.79 Å². The first kappa shape index (κ1) is 17.5. The largest absolute Gasteiger partial charge is 0.423 e. The molecule has 3 aromatic rings. The summed E-state index contributed by atoms with van der Waals surface area (Å²) < 4.78 is 5.29. The maximum absolute atomic E-state index is 11.9. The van der Waals surface area contributed by atoms with Crippen LogP contribution in [0.1, 0.15) is 11.1 Å². The summed E-state index contributed by atoms with van der Waals surface area (Å²) in [6.07, 6.45) is 3.01. The Morgan fingerprint density at radius 3 is 2.23 bits per heavy atom. The highest BCUT2D eigenvalue weighted by atomic mass is 35.5. The van der Waals surface area contributed by atoms with Crippen LogP contribution in [0, 0.1) is 11.3 Å². The van der Waals surface area contributed by atoms with Crippen LogP contribution in [0.15, 0.2) is 78.9 Å². The molecule has 3 nitrogen and oxygen atoms in total. The molecule has 0 unspecified atom stereocenters. The predicted molar refractivity (Wildman–Crippen MR) is 103 cm³/mol. The summed E-state index contributed by atoms with van der Waals surface area (Å²) in [6.45, 7) is 0. The Kier molecular flexibility index (Phi) is 5.48. The molecule has 126 valence electrons. The molecule has 0 heterocycles. The zero-order valence-electron chi connectivity index (χ0n) is 13.7. The summed E-state index contributed by atoms with van der Waals surface area (Å²) in [6, 6.07) is 23.8. The minimum atomic E-state index is -0.462. The van der Waals surface area contributed by atoms with Crippen molar-refractivity contribution in [2.45, 2.75) is 0 Å². The normalized spacial score (nSPS) is 10.5. The van der Waals surface area contributed by atoms with E-state index in [1.54, 1.807) is 42.5 Å². The third kappa shape index (κ3) is 4.60. The summed E-state index contributed by atoms with van der Waals surface area (Å²) in [4.78, 5) is 11.9. The SMILES string of the molecule is N#Cc1ccc(-c2ccc(OC(=O)/C=C/c3cccc(Cl)c3)cc2)cc1. The van der Waals surface area contributed by atoms with Crippen LogP contribution >= 0.6 is 11.6 Å². The lowest BCUT2D eigenvalue weighted by atomic mass is 10.0. The number of hydrogen-bond acceptors (Lipinski definition) is 3. The number of ether oxygens (including phenoxy) is 1. The molecule has 3 rings (SSSR count). The van der Waals surface area contributed by atoms with Crippen molar-refractivity contribution < 1.29 is 9.53 Å². The van der Waals surface area contributed by atoms with Crippen LogP contribution in [0.25, 0.3) is 17.2 Å². The number of carbonyl (C=O) groups is 1. The van der Waals surface area contributed by atoms with Gasteiger partial charge >= 0.3 is 5.97 Å². The van der Waals surface area contributed by atoms with Crippen LogP contribution in [0.5, 0.6) is 5.75 Å². The number of rotatable bonds is 4. The zero-order chi connectivity index (χ0) is 18.4. The van der Waals surface area contributed by atoms with Gasteiger partial charge in [0.05, 0.1) is 11.6 Å². The van der Waals surface area contributed by atoms with Gasteiger partial charge in [-0.05, 0) is 59.2 Å². The van der Waals surface area contributed by atoms with Crippen molar-refractivity contribution in [3.05, 3.63) is 95.0 Å². The molecular weight excluding hydrogens is 346 g/mol. The number of carbonyl (C=O) groups excluding carboxylic acids is 1. The van der Waals surface area contributed by atoms with Crippen molar-refractivity contribution >= 4 is 23.6 Å². The minimum Gasteiger partial charge on any atom is -0.423 e. The highest BCUT2D eigenvalue weighted by Gasteiger charge is 2.03. The van der Waals surface area contributed by atoms with Gasteiger partial charge in [-0.25, -0.2) is 4.79 Å². The Hall–Kier alpha value is -3.35. The van der Waals surface area contributed by atoms with E-state index in [-0.39, 0.29) is 0 Å². The predicted octanol–water partition coefficient (Wildman–Crippen LogP) is 5.50. The molecule has 0 spiro atoms. The summed E-state index contributed by atoms with van der Waals surface area (Å²) in [5.41, 5.74) is 3.41. The molecule has 4 heteroatoms. The quantitative estimate of drug-likeness (QED) is 0.351. The van der Waals surface area contributed by atoms with E-state index in [0.29, 0.717) is 16.3 Å². The molecule has 0 saturated carbocycles. The van der Waals surface area contributed by atoms with Gasteiger partial charge in [-0.15, -0.1) is 0 Å². The van der Waals surface area contributed by atoms with Gasteiger partial charge in [0.2, 0.25) is 0 Å². The van der Waals surface area contributed by atoms with Crippen LogP contribution in [0.2, 0.25) is 5.02 Å². The van der Waals surface area contributed by atoms with E-state index in [1.807, 2.05) is 36.4 Å². The first-order valence-corrected chi connectivity index (χ1v) is 8.28. The molecule has 0 saturated heterocycles. The fourth-order valence-electron chi connectivity index (χ4n) is 2.38. The molecule has 0 atom stereocenters. The molecule has 0 aliphatic rings. The van der Waals surface area contributed by atoms with Crippen LogP contribution in [0.3, 0.4) is 0 Å². The number of hydrogen-bond donors (Lipinski definition) is 0. The van der Waals surface area contributed by atoms with E-state index in [0.717, 1.165) is 16.7 Å². The second-order valence-corrected chi connectivity index (χ2v) is 5.96. The first-order valence-electron chi connectivity index (χ1n) is 7.90. The molecule has 0 amide bonds. The van der Waals surface area contributed by atoms with Crippen molar-refractivity contribution in [2.24, 2.45) is 0 Å². The monoisotopic (exact) mass is 359 g/mol. The van der Waals surface area contributed by atoms with Gasteiger partial charge in [0, 0.05) is 11.1 Å². The maximum Gasteiger partial charge on any atom is 0.336 e. The van der Waals surface area contributed by atoms with Gasteiger partial charge in [-0.2, -0.15) is 5.26 Å². The van der Waals surface area contributed by atoms with Gasteiger partial charge < -0.3 is 4.74 Å². The van der Waals surface area contributed by atoms with Gasteiger partial charge in [-0.3, -0.25) is 0 Å². The molecule has 0 aliphatic carbocycles. The number of benzene rings is 3. The van der Waals surface area contributed by atoms with Gasteiger partial charge in [-0.1, -0.05) is 48.0 Å². The highest BCUT2D eigenvalue weighted by molar-refractivity contribution is 6.30. The highest BCUT2D eigenvalue weighted by Crippen LogP contribution is 2.23. The standard InChI is InChI=1S/C22H14ClNO2/c23-20-3-1-2-16(14-20)6-13-22(25)26-21-11-9-19(10-12-21)18-7-4-17(15-24)5-8-18/h1-14H/b13-6+. The summed E-state index contributed by atoms with van der Waals surface area (Å²) >= 11 is 5.91. The van der Waals surface area contributed by atoms with Gasteiger partial charge in [0.25, 0.3) is 0 Å². The van der Waals surface area contributed by atoms with Crippen LogP contribution in [0.4, 0.5) is 0 Å². The van der Waals surface area contributed by atoms with E-state index in [4.69, 9.17) is 21.6 Å². The van der Waals surface area contributed by atoms with E-state index in [1.165, 1.54) is 6.08 Å². The van der Waals surface area contributed by atoms with Crippen molar-refractivity contribution in [1.29, 1.82) is 5.26 Å². The Balaban J connectivity index is 1.65. The first-order chi connectivity index (χ1) is 12.6. The average Bonchev–Trinajstić information content (AvgIpc) is 2.67. The number of halogens is 1. The summed E-state index contributed by atoms with van der Waals surface area (Å²) in [7, 11) is 0. The molecule has 0 N–H and O–H groups in total. The van der Waals surface area contributed by atoms with E-state index >= 15 is 0 Å². The zero-order valence-corrected chi connectivity index (χ0v) is 14.5. The van der Waals surface area contributed by atoms with Crippen molar-refractivity contribution in [1.82, 2.24) is 0 Å². The maximum atomic E-state index is 11.9. The molecule has 0 radical (unpaired) electrons. The topological polar surface area (TPSA) is 50.1 Å². The molecule has 0 fully saturated rings. The van der Waals surface area contributed by atoms with E-state index < -0.39 is 5.97 Å². The van der Waals surface area contributed by atoms with E-state index in [9.17, 15) is 4.79 Å². The van der Waals surface area contributed by atoms with Crippen molar-refractivity contribution in [3.8, 4) is 22.9 Å². The third-order valence-electron chi connectivity index (χ3n) is 3.68.